The highest BCUT2D eigenvalue weighted by Crippen LogP contribution is 2.23. The molecule has 1 heterocycles. The van der Waals surface area contributed by atoms with E-state index < -0.39 is 0 Å². The predicted octanol–water partition coefficient (Wildman–Crippen LogP) is 4.26. The summed E-state index contributed by atoms with van der Waals surface area (Å²) in [5.41, 5.74) is 5.21. The van der Waals surface area contributed by atoms with E-state index in [1.165, 1.54) is 17.7 Å². The van der Waals surface area contributed by atoms with Gasteiger partial charge in [-0.05, 0) is 50.6 Å². The lowest BCUT2D eigenvalue weighted by atomic mass is 10.2. The molecule has 6 heteroatoms. The van der Waals surface area contributed by atoms with Crippen LogP contribution >= 0.6 is 0 Å². The second-order valence-corrected chi connectivity index (χ2v) is 6.23. The van der Waals surface area contributed by atoms with Crippen LogP contribution in [0.1, 0.15) is 22.5 Å². The summed E-state index contributed by atoms with van der Waals surface area (Å²) < 4.78 is 14.7. The maximum Gasteiger partial charge on any atom is 0.319 e. The van der Waals surface area contributed by atoms with E-state index in [9.17, 15) is 9.18 Å². The first-order valence-electron chi connectivity index (χ1n) is 8.36. The second kappa shape index (κ2) is 7.39. The third-order valence-corrected chi connectivity index (χ3v) is 4.17. The zero-order valence-corrected chi connectivity index (χ0v) is 15.0. The summed E-state index contributed by atoms with van der Waals surface area (Å²) in [7, 11) is 0. The van der Waals surface area contributed by atoms with Crippen molar-refractivity contribution >= 4 is 11.7 Å². The molecule has 0 spiro atoms. The number of benzene rings is 2. The van der Waals surface area contributed by atoms with Gasteiger partial charge in [-0.2, -0.15) is 5.10 Å². The van der Waals surface area contributed by atoms with Crippen LogP contribution in [0, 0.1) is 26.6 Å². The van der Waals surface area contributed by atoms with Gasteiger partial charge in [-0.3, -0.25) is 0 Å². The quantitative estimate of drug-likeness (QED) is 0.737. The van der Waals surface area contributed by atoms with E-state index in [0.29, 0.717) is 12.2 Å². The number of hydrogen-bond donors (Lipinski definition) is 2. The van der Waals surface area contributed by atoms with Crippen LogP contribution in [0.25, 0.3) is 5.69 Å². The number of amides is 2. The van der Waals surface area contributed by atoms with Crippen molar-refractivity contribution in [3.8, 4) is 5.69 Å². The van der Waals surface area contributed by atoms with Crippen LogP contribution in [0.4, 0.5) is 14.9 Å². The number of aryl methyl sites for hydroxylation is 2. The summed E-state index contributed by atoms with van der Waals surface area (Å²) in [6.45, 7) is 6.11. The molecule has 2 amide bonds. The molecule has 3 rings (SSSR count). The van der Waals surface area contributed by atoms with Crippen molar-refractivity contribution in [1.29, 1.82) is 0 Å². The molecular weight excluding hydrogens is 331 g/mol. The Labute approximate surface area is 151 Å². The smallest absolute Gasteiger partial charge is 0.319 e. The molecule has 0 unspecified atom stereocenters. The molecule has 0 radical (unpaired) electrons. The number of aromatic nitrogens is 2. The van der Waals surface area contributed by atoms with E-state index in [1.54, 1.807) is 12.1 Å². The maximum atomic E-state index is 12.9. The molecular formula is C20H21FN4O. The van der Waals surface area contributed by atoms with Crippen LogP contribution in [0.15, 0.2) is 48.5 Å². The van der Waals surface area contributed by atoms with Gasteiger partial charge < -0.3 is 10.6 Å². The number of nitrogens with one attached hydrogen (secondary N) is 2. The maximum absolute atomic E-state index is 12.9. The van der Waals surface area contributed by atoms with Crippen LogP contribution in [0.3, 0.4) is 0 Å². The Bertz CT molecular complexity index is 914. The van der Waals surface area contributed by atoms with Gasteiger partial charge in [0.1, 0.15) is 5.82 Å². The van der Waals surface area contributed by atoms with Crippen LogP contribution in [-0.2, 0) is 6.54 Å². The number of hydrogen-bond acceptors (Lipinski definition) is 2. The highest BCUT2D eigenvalue weighted by molar-refractivity contribution is 5.90. The molecule has 2 N–H and O–H groups in total. The first-order chi connectivity index (χ1) is 12.4. The summed E-state index contributed by atoms with van der Waals surface area (Å²) in [4.78, 5) is 12.2. The highest BCUT2D eigenvalue weighted by Gasteiger charge is 2.15. The molecule has 0 saturated carbocycles. The minimum atomic E-state index is -0.330. The van der Waals surface area contributed by atoms with Crippen molar-refractivity contribution in [1.82, 2.24) is 15.1 Å². The third kappa shape index (κ3) is 3.91. The minimum Gasteiger partial charge on any atom is -0.334 e. The first-order valence-corrected chi connectivity index (χ1v) is 8.36. The van der Waals surface area contributed by atoms with Gasteiger partial charge >= 0.3 is 6.03 Å². The second-order valence-electron chi connectivity index (χ2n) is 6.23. The van der Waals surface area contributed by atoms with Gasteiger partial charge in [-0.1, -0.05) is 29.8 Å². The number of carbonyl (C=O) groups excluding carboxylic acids is 1. The Kier molecular flexibility index (Phi) is 5.02. The lowest BCUT2D eigenvalue weighted by molar-refractivity contribution is 0.251. The minimum absolute atomic E-state index is 0.298. The highest BCUT2D eigenvalue weighted by atomic mass is 19.1. The van der Waals surface area contributed by atoms with Crippen molar-refractivity contribution < 1.29 is 9.18 Å². The molecule has 2 aromatic carbocycles. The average Bonchev–Trinajstić information content (AvgIpc) is 2.90. The van der Waals surface area contributed by atoms with Crippen molar-refractivity contribution in [3.63, 3.8) is 0 Å². The zero-order valence-electron chi connectivity index (χ0n) is 15.0. The molecule has 0 saturated heterocycles. The number of rotatable bonds is 4. The third-order valence-electron chi connectivity index (χ3n) is 4.17. The summed E-state index contributed by atoms with van der Waals surface area (Å²) in [5.74, 6) is -0.298. The van der Waals surface area contributed by atoms with Crippen molar-refractivity contribution in [2.24, 2.45) is 0 Å². The number of anilines is 1. The molecule has 0 aliphatic carbocycles. The van der Waals surface area contributed by atoms with Gasteiger partial charge in [0.15, 0.2) is 0 Å². The Morgan fingerprint density at radius 2 is 1.69 bits per heavy atom. The molecule has 3 aromatic rings. The number of nitrogens with zero attached hydrogens (tertiary/aromatic N) is 2. The fourth-order valence-corrected chi connectivity index (χ4v) is 2.70. The van der Waals surface area contributed by atoms with Gasteiger partial charge in [-0.25, -0.2) is 13.9 Å². The molecule has 5 nitrogen and oxygen atoms in total. The normalized spacial score (nSPS) is 10.6. The molecule has 0 aliphatic heterocycles. The Hall–Kier alpha value is -3.15. The van der Waals surface area contributed by atoms with Crippen molar-refractivity contribution in [3.05, 3.63) is 76.9 Å². The fourth-order valence-electron chi connectivity index (χ4n) is 2.70. The zero-order chi connectivity index (χ0) is 18.7. The average molecular weight is 352 g/mol. The lowest BCUT2D eigenvalue weighted by Crippen LogP contribution is -2.28. The van der Waals surface area contributed by atoms with E-state index in [0.717, 1.165) is 22.6 Å². The van der Waals surface area contributed by atoms with E-state index in [2.05, 4.69) is 15.7 Å². The Morgan fingerprint density at radius 3 is 2.35 bits per heavy atom. The standard InChI is InChI=1S/C20H21FN4O/c1-13-4-10-18(11-5-13)25-15(3)19(14(2)24-25)23-20(26)22-12-16-6-8-17(21)9-7-16/h4-11H,12H2,1-3H3,(H2,22,23,26). The van der Waals surface area contributed by atoms with Crippen LogP contribution in [-0.4, -0.2) is 15.8 Å². The summed E-state index contributed by atoms with van der Waals surface area (Å²) in [6, 6.07) is 13.7. The number of carbonyl (C=O) groups is 1. The van der Waals surface area contributed by atoms with E-state index in [-0.39, 0.29) is 11.8 Å². The molecule has 1 aromatic heterocycles. The van der Waals surface area contributed by atoms with Gasteiger partial charge in [0.05, 0.1) is 22.8 Å². The van der Waals surface area contributed by atoms with E-state index in [1.807, 2.05) is 49.7 Å². The molecule has 134 valence electrons. The van der Waals surface area contributed by atoms with Crippen LogP contribution in [0.2, 0.25) is 0 Å². The first kappa shape index (κ1) is 17.7. The van der Waals surface area contributed by atoms with Crippen LogP contribution in [0.5, 0.6) is 0 Å². The Balaban J connectivity index is 1.70. The monoisotopic (exact) mass is 352 g/mol. The van der Waals surface area contributed by atoms with Gasteiger partial charge in [0.2, 0.25) is 0 Å². The van der Waals surface area contributed by atoms with E-state index >= 15 is 0 Å². The molecule has 0 atom stereocenters. The summed E-state index contributed by atoms with van der Waals surface area (Å²) in [6.07, 6.45) is 0. The van der Waals surface area contributed by atoms with Gasteiger partial charge in [0.25, 0.3) is 0 Å². The summed E-state index contributed by atoms with van der Waals surface area (Å²) in [5, 5.41) is 10.1. The fraction of sp³-hybridized carbons (Fsp3) is 0.200. The summed E-state index contributed by atoms with van der Waals surface area (Å²) >= 11 is 0. The lowest BCUT2D eigenvalue weighted by Gasteiger charge is -2.09. The van der Waals surface area contributed by atoms with Gasteiger partial charge in [-0.15, -0.1) is 0 Å². The van der Waals surface area contributed by atoms with E-state index in [4.69, 9.17) is 0 Å². The van der Waals surface area contributed by atoms with Crippen LogP contribution < -0.4 is 10.6 Å². The number of urea groups is 1. The van der Waals surface area contributed by atoms with Crippen molar-refractivity contribution in [2.45, 2.75) is 27.3 Å². The molecule has 26 heavy (non-hydrogen) atoms. The predicted molar refractivity (Wildman–Crippen MR) is 100 cm³/mol. The largest absolute Gasteiger partial charge is 0.334 e. The van der Waals surface area contributed by atoms with Gasteiger partial charge in [0, 0.05) is 6.54 Å². The topological polar surface area (TPSA) is 59.0 Å². The van der Waals surface area contributed by atoms with Crippen molar-refractivity contribution in [2.75, 3.05) is 5.32 Å². The Morgan fingerprint density at radius 1 is 1.04 bits per heavy atom. The number of halogens is 1. The molecule has 0 fully saturated rings. The SMILES string of the molecule is Cc1ccc(-n2nc(C)c(NC(=O)NCc3ccc(F)cc3)c2C)cc1. The molecule has 0 aliphatic rings. The molecule has 0 bridgehead atoms.